The van der Waals surface area contributed by atoms with Crippen LogP contribution in [0.4, 0.5) is 17.1 Å². The number of oxazole rings is 1. The van der Waals surface area contributed by atoms with E-state index < -0.39 is 0 Å². The second-order valence-corrected chi connectivity index (χ2v) is 12.4. The van der Waals surface area contributed by atoms with E-state index in [0.717, 1.165) is 55.8 Å². The third-order valence-corrected chi connectivity index (χ3v) is 9.57. The first-order chi connectivity index (χ1) is 24.3. The molecule has 49 heavy (non-hydrogen) atoms. The van der Waals surface area contributed by atoms with Crippen LogP contribution < -0.4 is 4.90 Å². The van der Waals surface area contributed by atoms with Crippen LogP contribution in [0.3, 0.4) is 0 Å². The Morgan fingerprint density at radius 1 is 0.449 bits per heavy atom. The topological polar surface area (TPSA) is 34.2 Å². The summed E-state index contributed by atoms with van der Waals surface area (Å²) < 4.78 is 9.11. The lowest BCUT2D eigenvalue weighted by molar-refractivity contribution is 0.623. The van der Waals surface area contributed by atoms with Gasteiger partial charge in [-0.15, -0.1) is 0 Å². The van der Waals surface area contributed by atoms with E-state index in [9.17, 15) is 0 Å². The quantitative estimate of drug-likeness (QED) is 0.178. The van der Waals surface area contributed by atoms with Crippen LogP contribution in [0.15, 0.2) is 180 Å². The highest BCUT2D eigenvalue weighted by molar-refractivity contribution is 6.35. The molecule has 0 aliphatic rings. The molecule has 0 spiro atoms. The molecule has 4 heteroatoms. The summed E-state index contributed by atoms with van der Waals surface area (Å²) >= 11 is 0. The zero-order chi connectivity index (χ0) is 32.3. The van der Waals surface area contributed by atoms with Gasteiger partial charge in [-0.05, 0) is 89.0 Å². The molecular weight excluding hydrogens is 599 g/mol. The van der Waals surface area contributed by atoms with Gasteiger partial charge in [0.15, 0.2) is 5.58 Å². The molecule has 4 nitrogen and oxygen atoms in total. The monoisotopic (exact) mass is 627 g/mol. The minimum absolute atomic E-state index is 0.625. The van der Waals surface area contributed by atoms with Crippen molar-refractivity contribution >= 4 is 71.5 Å². The summed E-state index contributed by atoms with van der Waals surface area (Å²) in [5.74, 6) is 0.625. The van der Waals surface area contributed by atoms with E-state index in [0.29, 0.717) is 5.89 Å². The summed E-state index contributed by atoms with van der Waals surface area (Å²) in [6.07, 6.45) is 0. The Morgan fingerprint density at radius 3 is 1.63 bits per heavy atom. The average Bonchev–Trinajstić information content (AvgIpc) is 3.77. The van der Waals surface area contributed by atoms with Crippen LogP contribution in [-0.4, -0.2) is 9.55 Å². The van der Waals surface area contributed by atoms with E-state index in [1.165, 1.54) is 26.9 Å². The first-order valence-electron chi connectivity index (χ1n) is 16.6. The molecule has 2 heterocycles. The summed E-state index contributed by atoms with van der Waals surface area (Å²) in [4.78, 5) is 7.26. The lowest BCUT2D eigenvalue weighted by Gasteiger charge is -2.25. The summed E-state index contributed by atoms with van der Waals surface area (Å²) in [5, 5.41) is 7.09. The van der Waals surface area contributed by atoms with Crippen molar-refractivity contribution in [1.82, 2.24) is 9.55 Å². The SMILES string of the molecule is c1ccc(-c2nc3ccc4c(c3o2)c2c3ccccc3c3ccccc3c2n4-c2ccc(N(c3ccccc3)c3ccccc3)cc2)cc1. The Morgan fingerprint density at radius 2 is 0.980 bits per heavy atom. The molecule has 8 aromatic carbocycles. The molecule has 230 valence electrons. The van der Waals surface area contributed by atoms with Gasteiger partial charge in [-0.25, -0.2) is 4.98 Å². The number of anilines is 3. The Bertz CT molecular complexity index is 2760. The molecule has 2 aromatic heterocycles. The number of aromatic nitrogens is 2. The number of fused-ring (bicyclic) bond motifs is 10. The maximum Gasteiger partial charge on any atom is 0.227 e. The summed E-state index contributed by atoms with van der Waals surface area (Å²) in [7, 11) is 0. The Balaban J connectivity index is 1.28. The van der Waals surface area contributed by atoms with Gasteiger partial charge in [0, 0.05) is 39.1 Å². The predicted octanol–water partition coefficient (Wildman–Crippen LogP) is 12.4. The van der Waals surface area contributed by atoms with E-state index in [1.54, 1.807) is 0 Å². The molecule has 0 saturated carbocycles. The lowest BCUT2D eigenvalue weighted by atomic mass is 9.96. The number of nitrogens with zero attached hydrogens (tertiary/aromatic N) is 3. The highest BCUT2D eigenvalue weighted by atomic mass is 16.3. The van der Waals surface area contributed by atoms with Crippen LogP contribution in [0, 0.1) is 0 Å². The minimum atomic E-state index is 0.625. The van der Waals surface area contributed by atoms with E-state index in [1.807, 2.05) is 30.3 Å². The van der Waals surface area contributed by atoms with Gasteiger partial charge < -0.3 is 13.9 Å². The summed E-state index contributed by atoms with van der Waals surface area (Å²) in [5.41, 5.74) is 9.23. The van der Waals surface area contributed by atoms with Crippen LogP contribution in [0.2, 0.25) is 0 Å². The normalized spacial score (nSPS) is 11.7. The summed E-state index contributed by atoms with van der Waals surface area (Å²) in [6, 6.07) is 61.9. The van der Waals surface area contributed by atoms with Crippen molar-refractivity contribution in [2.75, 3.05) is 4.90 Å². The van der Waals surface area contributed by atoms with Gasteiger partial charge in [-0.3, -0.25) is 0 Å². The van der Waals surface area contributed by atoms with Gasteiger partial charge >= 0.3 is 0 Å². The second-order valence-electron chi connectivity index (χ2n) is 12.4. The lowest BCUT2D eigenvalue weighted by Crippen LogP contribution is -2.09. The highest BCUT2D eigenvalue weighted by Gasteiger charge is 2.23. The molecule has 0 saturated heterocycles. The first kappa shape index (κ1) is 27.5. The first-order valence-corrected chi connectivity index (χ1v) is 16.6. The molecule has 0 N–H and O–H groups in total. The largest absolute Gasteiger partial charge is 0.435 e. The van der Waals surface area contributed by atoms with Crippen molar-refractivity contribution in [2.45, 2.75) is 0 Å². The van der Waals surface area contributed by atoms with Crippen LogP contribution in [0.5, 0.6) is 0 Å². The van der Waals surface area contributed by atoms with Crippen LogP contribution >= 0.6 is 0 Å². The van der Waals surface area contributed by atoms with E-state index in [2.05, 4.69) is 155 Å². The molecule has 10 rings (SSSR count). The smallest absolute Gasteiger partial charge is 0.227 e. The fourth-order valence-electron chi connectivity index (χ4n) is 7.46. The van der Waals surface area contributed by atoms with Crippen molar-refractivity contribution in [1.29, 1.82) is 0 Å². The van der Waals surface area contributed by atoms with Crippen LogP contribution in [0.25, 0.3) is 71.6 Å². The van der Waals surface area contributed by atoms with Gasteiger partial charge in [0.2, 0.25) is 5.89 Å². The van der Waals surface area contributed by atoms with Crippen molar-refractivity contribution in [3.05, 3.63) is 176 Å². The molecule has 0 fully saturated rings. The Hall–Kier alpha value is -6.65. The third kappa shape index (κ3) is 4.28. The molecule has 0 radical (unpaired) electrons. The Kier molecular flexibility index (Phi) is 6.15. The minimum Gasteiger partial charge on any atom is -0.435 e. The second kappa shape index (κ2) is 11.0. The van der Waals surface area contributed by atoms with Crippen molar-refractivity contribution in [3.63, 3.8) is 0 Å². The average molecular weight is 628 g/mol. The van der Waals surface area contributed by atoms with Gasteiger partial charge in [0.25, 0.3) is 0 Å². The van der Waals surface area contributed by atoms with Gasteiger partial charge in [-0.1, -0.05) is 103 Å². The van der Waals surface area contributed by atoms with E-state index in [-0.39, 0.29) is 0 Å². The molecule has 0 unspecified atom stereocenters. The van der Waals surface area contributed by atoms with Crippen molar-refractivity contribution in [3.8, 4) is 17.1 Å². The van der Waals surface area contributed by atoms with Crippen LogP contribution in [-0.2, 0) is 0 Å². The standard InChI is InChI=1S/C45H29N3O/c1-4-14-30(15-5-1)45-46-39-28-29-40-42(44(39)49-45)41-37-22-12-10-20-35(37)36-21-11-13-23-38(36)43(41)48(40)34-26-24-33(25-27-34)47(31-16-6-2-7-17-31)32-18-8-3-9-19-32/h1-29H. The molecule has 0 atom stereocenters. The molecular formula is C45H29N3O. The fraction of sp³-hybridized carbons (Fsp3) is 0. The molecule has 0 aliphatic carbocycles. The molecule has 0 bridgehead atoms. The molecule has 0 aliphatic heterocycles. The fourth-order valence-corrected chi connectivity index (χ4v) is 7.46. The Labute approximate surface area is 282 Å². The van der Waals surface area contributed by atoms with Gasteiger partial charge in [0.1, 0.15) is 5.52 Å². The summed E-state index contributed by atoms with van der Waals surface area (Å²) in [6.45, 7) is 0. The number of rotatable bonds is 5. The molecule has 0 amide bonds. The van der Waals surface area contributed by atoms with Crippen molar-refractivity contribution < 1.29 is 4.42 Å². The number of hydrogen-bond acceptors (Lipinski definition) is 3. The van der Waals surface area contributed by atoms with Gasteiger partial charge in [0.05, 0.1) is 16.4 Å². The van der Waals surface area contributed by atoms with E-state index in [4.69, 9.17) is 9.40 Å². The van der Waals surface area contributed by atoms with E-state index >= 15 is 0 Å². The number of para-hydroxylation sites is 2. The van der Waals surface area contributed by atoms with Gasteiger partial charge in [-0.2, -0.15) is 0 Å². The highest BCUT2D eigenvalue weighted by Crippen LogP contribution is 2.45. The number of benzene rings is 8. The molecule has 10 aromatic rings. The maximum absolute atomic E-state index is 6.70. The van der Waals surface area contributed by atoms with Crippen LogP contribution in [0.1, 0.15) is 0 Å². The number of hydrogen-bond donors (Lipinski definition) is 0. The van der Waals surface area contributed by atoms with Crippen molar-refractivity contribution in [2.24, 2.45) is 0 Å². The maximum atomic E-state index is 6.70. The zero-order valence-electron chi connectivity index (χ0n) is 26.5. The predicted molar refractivity (Wildman–Crippen MR) is 203 cm³/mol. The third-order valence-electron chi connectivity index (χ3n) is 9.57. The zero-order valence-corrected chi connectivity index (χ0v) is 26.5.